The number of ether oxygens (including phenoxy) is 4. The summed E-state index contributed by atoms with van der Waals surface area (Å²) in [5.74, 6) is -2.14. The van der Waals surface area contributed by atoms with Crippen LogP contribution in [0.1, 0.15) is 329 Å². The highest BCUT2D eigenvalue weighted by atomic mass is 31.2. The molecule has 0 aliphatic heterocycles. The van der Waals surface area contributed by atoms with Crippen molar-refractivity contribution in [3.63, 3.8) is 0 Å². The molecule has 5 atom stereocenters. The van der Waals surface area contributed by atoms with Gasteiger partial charge >= 0.3 is 39.5 Å². The summed E-state index contributed by atoms with van der Waals surface area (Å²) in [7, 11) is -9.88. The molecule has 19 heteroatoms. The topological polar surface area (TPSA) is 237 Å². The number of rotatable bonds is 65. The second kappa shape index (κ2) is 59.0. The van der Waals surface area contributed by atoms with E-state index in [0.29, 0.717) is 25.7 Å². The normalized spacial score (nSPS) is 14.2. The van der Waals surface area contributed by atoms with Crippen LogP contribution in [0.4, 0.5) is 0 Å². The third-order valence-electron chi connectivity index (χ3n) is 14.9. The minimum atomic E-state index is -4.94. The first-order valence-electron chi connectivity index (χ1n) is 33.8. The Kier molecular flexibility index (Phi) is 57.7. The molecule has 0 rings (SSSR count). The lowest BCUT2D eigenvalue weighted by Crippen LogP contribution is -2.30. The molecule has 0 fully saturated rings. The van der Waals surface area contributed by atoms with E-state index in [2.05, 4.69) is 27.7 Å². The van der Waals surface area contributed by atoms with Crippen LogP contribution in [0, 0.1) is 0 Å². The summed E-state index contributed by atoms with van der Waals surface area (Å²) >= 11 is 0. The quantitative estimate of drug-likeness (QED) is 0.0222. The standard InChI is InChI=1S/C64H124O17P2/c1-5-9-13-17-21-24-26-27-28-29-30-31-32-35-39-43-47-51-64(69)81-60(55-75-62(67)49-45-41-37-34-25-22-18-14-10-6-2)57-79-83(72,73)77-53-58(65)52-76-82(70,71)78-56-59(54-74-61(66)48-44-40-36-20-16-12-8-4)80-63(68)50-46-42-38-33-23-19-15-11-7-3/h58-60,65H,5-57H2,1-4H3,(H,70,71)(H,72,73)/t58-,59+,60+/m0/s1. The fourth-order valence-electron chi connectivity index (χ4n) is 9.63. The van der Waals surface area contributed by atoms with Gasteiger partial charge in [0.2, 0.25) is 0 Å². The lowest BCUT2D eigenvalue weighted by Gasteiger charge is -2.21. The molecule has 0 amide bonds. The highest BCUT2D eigenvalue weighted by Gasteiger charge is 2.30. The van der Waals surface area contributed by atoms with Gasteiger partial charge in [0.25, 0.3) is 0 Å². The van der Waals surface area contributed by atoms with E-state index in [-0.39, 0.29) is 25.7 Å². The van der Waals surface area contributed by atoms with Crippen molar-refractivity contribution in [3.8, 4) is 0 Å². The third-order valence-corrected chi connectivity index (χ3v) is 16.8. The predicted octanol–water partition coefficient (Wildman–Crippen LogP) is 17.9. The molecular formula is C64H124O17P2. The first kappa shape index (κ1) is 81.1. The van der Waals surface area contributed by atoms with E-state index < -0.39 is 97.5 Å². The molecule has 0 saturated heterocycles. The van der Waals surface area contributed by atoms with Crippen molar-refractivity contribution < 1.29 is 80.2 Å². The van der Waals surface area contributed by atoms with Gasteiger partial charge < -0.3 is 33.8 Å². The Morgan fingerprint density at radius 3 is 0.711 bits per heavy atom. The minimum Gasteiger partial charge on any atom is -0.462 e. The van der Waals surface area contributed by atoms with E-state index in [1.54, 1.807) is 0 Å². The Labute approximate surface area is 505 Å². The van der Waals surface area contributed by atoms with Gasteiger partial charge in [-0.15, -0.1) is 0 Å². The molecule has 0 aliphatic rings. The van der Waals surface area contributed by atoms with Gasteiger partial charge in [-0.2, -0.15) is 0 Å². The molecule has 0 heterocycles. The molecule has 0 aliphatic carbocycles. The van der Waals surface area contributed by atoms with Crippen LogP contribution in [0.5, 0.6) is 0 Å². The van der Waals surface area contributed by atoms with Crippen LogP contribution in [-0.2, 0) is 65.4 Å². The van der Waals surface area contributed by atoms with Crippen molar-refractivity contribution in [2.45, 2.75) is 348 Å². The zero-order chi connectivity index (χ0) is 61.2. The van der Waals surface area contributed by atoms with Crippen LogP contribution in [0.15, 0.2) is 0 Å². The van der Waals surface area contributed by atoms with Crippen LogP contribution < -0.4 is 0 Å². The van der Waals surface area contributed by atoms with Crippen molar-refractivity contribution >= 4 is 39.5 Å². The summed E-state index contributed by atoms with van der Waals surface area (Å²) in [5, 5.41) is 10.5. The highest BCUT2D eigenvalue weighted by molar-refractivity contribution is 7.47. The monoisotopic (exact) mass is 1230 g/mol. The number of hydrogen-bond acceptors (Lipinski definition) is 15. The van der Waals surface area contributed by atoms with Gasteiger partial charge in [-0.1, -0.05) is 278 Å². The summed E-state index contributed by atoms with van der Waals surface area (Å²) in [4.78, 5) is 72.0. The number of hydrogen-bond donors (Lipinski definition) is 3. The van der Waals surface area contributed by atoms with Crippen molar-refractivity contribution in [2.75, 3.05) is 39.6 Å². The summed E-state index contributed by atoms with van der Waals surface area (Å²) < 4.78 is 67.9. The zero-order valence-corrected chi connectivity index (χ0v) is 54.9. The number of carbonyl (C=O) groups is 4. The predicted molar refractivity (Wildman–Crippen MR) is 331 cm³/mol. The summed E-state index contributed by atoms with van der Waals surface area (Å²) in [6.45, 7) is 4.84. The molecule has 492 valence electrons. The van der Waals surface area contributed by atoms with Crippen LogP contribution in [0.3, 0.4) is 0 Å². The van der Waals surface area contributed by atoms with Gasteiger partial charge in [0, 0.05) is 25.7 Å². The Hall–Kier alpha value is -1.94. The average molecular weight is 1230 g/mol. The lowest BCUT2D eigenvalue weighted by molar-refractivity contribution is -0.161. The SMILES string of the molecule is CCCCCCCCCCCCCCCCCCCC(=O)O[C@H](COC(=O)CCCCCCCCCCCC)COP(=O)(O)OC[C@@H](O)COP(=O)(O)OC[C@@H](COC(=O)CCCCCCCCC)OC(=O)CCCCCCCCCCC. The molecule has 0 spiro atoms. The third kappa shape index (κ3) is 58.8. The van der Waals surface area contributed by atoms with Crippen LogP contribution >= 0.6 is 15.6 Å². The molecule has 0 radical (unpaired) electrons. The number of phosphoric acid groups is 2. The molecule has 0 aromatic carbocycles. The summed E-state index contributed by atoms with van der Waals surface area (Å²) in [5.41, 5.74) is 0. The average Bonchev–Trinajstić information content (AvgIpc) is 3.49. The first-order valence-corrected chi connectivity index (χ1v) is 36.8. The number of aliphatic hydroxyl groups excluding tert-OH is 1. The van der Waals surface area contributed by atoms with E-state index in [4.69, 9.17) is 37.0 Å². The van der Waals surface area contributed by atoms with E-state index >= 15 is 0 Å². The highest BCUT2D eigenvalue weighted by Crippen LogP contribution is 2.45. The Morgan fingerprint density at radius 2 is 0.482 bits per heavy atom. The number of phosphoric ester groups is 2. The molecule has 0 saturated carbocycles. The molecule has 17 nitrogen and oxygen atoms in total. The Bertz CT molecular complexity index is 1600. The van der Waals surface area contributed by atoms with Gasteiger partial charge in [-0.25, -0.2) is 9.13 Å². The van der Waals surface area contributed by atoms with Crippen LogP contribution in [0.2, 0.25) is 0 Å². The Morgan fingerprint density at radius 1 is 0.289 bits per heavy atom. The second-order valence-electron chi connectivity index (χ2n) is 23.2. The van der Waals surface area contributed by atoms with E-state index in [1.165, 1.54) is 148 Å². The molecule has 0 aromatic heterocycles. The second-order valence-corrected chi connectivity index (χ2v) is 26.1. The fourth-order valence-corrected chi connectivity index (χ4v) is 11.2. The molecule has 0 aromatic rings. The minimum absolute atomic E-state index is 0.106. The lowest BCUT2D eigenvalue weighted by atomic mass is 10.0. The van der Waals surface area contributed by atoms with Gasteiger partial charge in [0.15, 0.2) is 12.2 Å². The van der Waals surface area contributed by atoms with Crippen molar-refractivity contribution in [3.05, 3.63) is 0 Å². The van der Waals surface area contributed by atoms with Gasteiger partial charge in [0.1, 0.15) is 19.3 Å². The van der Waals surface area contributed by atoms with Crippen molar-refractivity contribution in [1.29, 1.82) is 0 Å². The zero-order valence-electron chi connectivity index (χ0n) is 53.2. The maximum atomic E-state index is 13.0. The van der Waals surface area contributed by atoms with Crippen LogP contribution in [-0.4, -0.2) is 96.7 Å². The van der Waals surface area contributed by atoms with Gasteiger partial charge in [-0.05, 0) is 25.7 Å². The van der Waals surface area contributed by atoms with Gasteiger partial charge in [-0.3, -0.25) is 37.3 Å². The largest absolute Gasteiger partial charge is 0.472 e. The van der Waals surface area contributed by atoms with Crippen molar-refractivity contribution in [1.82, 2.24) is 0 Å². The first-order chi connectivity index (χ1) is 40.2. The molecule has 0 bridgehead atoms. The van der Waals surface area contributed by atoms with E-state index in [9.17, 15) is 43.2 Å². The molecule has 2 unspecified atom stereocenters. The molecular weight excluding hydrogens is 1100 g/mol. The van der Waals surface area contributed by atoms with E-state index in [0.717, 1.165) is 103 Å². The van der Waals surface area contributed by atoms with E-state index in [1.807, 2.05) is 0 Å². The number of aliphatic hydroxyl groups is 1. The van der Waals surface area contributed by atoms with Crippen LogP contribution in [0.25, 0.3) is 0 Å². The van der Waals surface area contributed by atoms with Crippen molar-refractivity contribution in [2.24, 2.45) is 0 Å². The number of unbranched alkanes of at least 4 members (excludes halogenated alkanes) is 39. The summed E-state index contributed by atoms with van der Waals surface area (Å²) in [6.07, 6.45) is 44.6. The maximum absolute atomic E-state index is 13.0. The smallest absolute Gasteiger partial charge is 0.462 e. The summed E-state index contributed by atoms with van der Waals surface area (Å²) in [6, 6.07) is 0. The fraction of sp³-hybridized carbons (Fsp3) is 0.938. The van der Waals surface area contributed by atoms with Gasteiger partial charge in [0.05, 0.1) is 26.4 Å². The maximum Gasteiger partial charge on any atom is 0.472 e. The number of carbonyl (C=O) groups excluding carboxylic acids is 4. The molecule has 3 N–H and O–H groups in total. The number of esters is 4. The Balaban J connectivity index is 5.16. The molecule has 83 heavy (non-hydrogen) atoms.